The molecule has 0 aromatic heterocycles. The molecule has 34 heavy (non-hydrogen) atoms. The van der Waals surface area contributed by atoms with Gasteiger partial charge in [-0.3, -0.25) is 14.5 Å². The minimum Gasteiger partial charge on any atom is -0.497 e. The number of nitrogens with one attached hydrogen (secondary N) is 1. The zero-order valence-electron chi connectivity index (χ0n) is 19.8. The largest absolute Gasteiger partial charge is 0.497 e. The van der Waals surface area contributed by atoms with Crippen LogP contribution in [-0.2, 0) is 11.2 Å². The molecule has 7 heteroatoms. The first kappa shape index (κ1) is 24.6. The molecule has 2 aliphatic rings. The second kappa shape index (κ2) is 11.7. The van der Waals surface area contributed by atoms with Crippen molar-refractivity contribution in [2.75, 3.05) is 39.8 Å². The molecule has 2 amide bonds. The molecule has 2 aromatic rings. The van der Waals surface area contributed by atoms with Crippen LogP contribution < -0.4 is 10.1 Å². The predicted octanol–water partition coefficient (Wildman–Crippen LogP) is 4.02. The fraction of sp³-hybridized carbons (Fsp3) is 0.481. The summed E-state index contributed by atoms with van der Waals surface area (Å²) < 4.78 is 5.21. The monoisotopic (exact) mass is 483 g/mol. The number of ether oxygens (including phenoxy) is 1. The van der Waals surface area contributed by atoms with Gasteiger partial charge in [0.25, 0.3) is 5.91 Å². The number of hydrogen-bond donors (Lipinski definition) is 1. The van der Waals surface area contributed by atoms with Crippen LogP contribution in [0.5, 0.6) is 5.75 Å². The number of methoxy groups -OCH3 is 1. The van der Waals surface area contributed by atoms with Gasteiger partial charge in [0.1, 0.15) is 5.75 Å². The van der Waals surface area contributed by atoms with Crippen LogP contribution in [0.15, 0.2) is 48.5 Å². The van der Waals surface area contributed by atoms with E-state index in [0.717, 1.165) is 25.0 Å². The summed E-state index contributed by atoms with van der Waals surface area (Å²) >= 11 is 6.07. The van der Waals surface area contributed by atoms with E-state index in [2.05, 4.69) is 10.2 Å². The summed E-state index contributed by atoms with van der Waals surface area (Å²) in [6, 6.07) is 14.9. The van der Waals surface area contributed by atoms with E-state index >= 15 is 0 Å². The highest BCUT2D eigenvalue weighted by molar-refractivity contribution is 6.30. The van der Waals surface area contributed by atoms with Gasteiger partial charge in [-0.2, -0.15) is 0 Å². The normalized spacial score (nSPS) is 18.0. The smallest absolute Gasteiger partial charge is 0.253 e. The van der Waals surface area contributed by atoms with E-state index in [-0.39, 0.29) is 17.9 Å². The zero-order chi connectivity index (χ0) is 23.9. The van der Waals surface area contributed by atoms with Crippen molar-refractivity contribution < 1.29 is 14.3 Å². The van der Waals surface area contributed by atoms with Gasteiger partial charge in [-0.05, 0) is 61.1 Å². The van der Waals surface area contributed by atoms with Crippen molar-refractivity contribution in [3.8, 4) is 5.75 Å². The molecule has 1 N–H and O–H groups in total. The summed E-state index contributed by atoms with van der Waals surface area (Å²) in [4.78, 5) is 30.4. The highest BCUT2D eigenvalue weighted by Gasteiger charge is 2.37. The summed E-state index contributed by atoms with van der Waals surface area (Å²) in [5.41, 5.74) is 1.79. The van der Waals surface area contributed by atoms with Crippen molar-refractivity contribution in [2.45, 2.75) is 38.1 Å². The number of rotatable bonds is 8. The van der Waals surface area contributed by atoms with Crippen molar-refractivity contribution in [1.82, 2.24) is 15.1 Å². The van der Waals surface area contributed by atoms with Crippen LogP contribution >= 0.6 is 11.6 Å². The number of amides is 2. The minimum atomic E-state index is -0.123. The Balaban J connectivity index is 1.33. The van der Waals surface area contributed by atoms with Gasteiger partial charge in [0, 0.05) is 43.3 Å². The Morgan fingerprint density at radius 2 is 1.76 bits per heavy atom. The Morgan fingerprint density at radius 1 is 1.06 bits per heavy atom. The van der Waals surface area contributed by atoms with Crippen molar-refractivity contribution in [3.63, 3.8) is 0 Å². The van der Waals surface area contributed by atoms with Crippen LogP contribution in [0.3, 0.4) is 0 Å². The van der Waals surface area contributed by atoms with E-state index in [1.165, 1.54) is 18.4 Å². The van der Waals surface area contributed by atoms with Crippen LogP contribution in [0.4, 0.5) is 0 Å². The zero-order valence-corrected chi connectivity index (χ0v) is 20.6. The van der Waals surface area contributed by atoms with E-state index < -0.39 is 0 Å². The lowest BCUT2D eigenvalue weighted by atomic mass is 9.94. The molecular weight excluding hydrogens is 450 g/mol. The summed E-state index contributed by atoms with van der Waals surface area (Å²) in [7, 11) is 1.66. The second-order valence-electron chi connectivity index (χ2n) is 9.22. The average molecular weight is 484 g/mol. The number of hydrogen-bond acceptors (Lipinski definition) is 4. The molecule has 1 saturated heterocycles. The third kappa shape index (κ3) is 6.10. The Bertz CT molecular complexity index is 967. The van der Waals surface area contributed by atoms with Crippen molar-refractivity contribution in [3.05, 3.63) is 64.7 Å². The van der Waals surface area contributed by atoms with E-state index in [9.17, 15) is 9.59 Å². The average Bonchev–Trinajstić information content (AvgIpc) is 3.39. The molecule has 2 aromatic carbocycles. The second-order valence-corrected chi connectivity index (χ2v) is 9.65. The molecule has 0 bridgehead atoms. The standard InChI is InChI=1S/C27H34ClN3O3/c1-34-24-11-9-20(10-12-24)13-14-29-26(32)25(21-5-2-3-6-21)30-15-17-31(18-16-30)27(33)22-7-4-8-23(28)19-22/h4,7-12,19,21,25H,2-3,5-6,13-18H2,1H3,(H,29,32). The molecule has 4 rings (SSSR count). The minimum absolute atomic E-state index is 0.00325. The number of benzene rings is 2. The molecule has 182 valence electrons. The van der Waals surface area contributed by atoms with E-state index in [0.29, 0.717) is 49.2 Å². The molecule has 1 unspecified atom stereocenters. The molecular formula is C27H34ClN3O3. The molecule has 1 aliphatic carbocycles. The van der Waals surface area contributed by atoms with Crippen LogP contribution in [0.1, 0.15) is 41.6 Å². The third-order valence-electron chi connectivity index (χ3n) is 7.05. The maximum atomic E-state index is 13.3. The van der Waals surface area contributed by atoms with Gasteiger partial charge in [0.05, 0.1) is 13.2 Å². The van der Waals surface area contributed by atoms with Gasteiger partial charge in [-0.15, -0.1) is 0 Å². The fourth-order valence-corrected chi connectivity index (χ4v) is 5.38. The first-order valence-corrected chi connectivity index (χ1v) is 12.6. The first-order valence-electron chi connectivity index (χ1n) is 12.2. The SMILES string of the molecule is COc1ccc(CCNC(=O)C(C2CCCC2)N2CCN(C(=O)c3cccc(Cl)c3)CC2)cc1. The molecule has 1 saturated carbocycles. The van der Waals surface area contributed by atoms with Gasteiger partial charge >= 0.3 is 0 Å². The Morgan fingerprint density at radius 3 is 2.41 bits per heavy atom. The summed E-state index contributed by atoms with van der Waals surface area (Å²) in [5.74, 6) is 1.34. The lowest BCUT2D eigenvalue weighted by Gasteiger charge is -2.40. The third-order valence-corrected chi connectivity index (χ3v) is 7.29. The van der Waals surface area contributed by atoms with Crippen LogP contribution in [-0.4, -0.2) is 67.5 Å². The summed E-state index contributed by atoms with van der Waals surface area (Å²) in [6.07, 6.45) is 5.35. The summed E-state index contributed by atoms with van der Waals surface area (Å²) in [6.45, 7) is 3.27. The van der Waals surface area contributed by atoms with Crippen LogP contribution in [0.25, 0.3) is 0 Å². The van der Waals surface area contributed by atoms with Gasteiger partial charge in [-0.1, -0.05) is 42.6 Å². The molecule has 0 spiro atoms. The highest BCUT2D eigenvalue weighted by Crippen LogP contribution is 2.31. The molecule has 6 nitrogen and oxygen atoms in total. The lowest BCUT2D eigenvalue weighted by molar-refractivity contribution is -0.129. The van der Waals surface area contributed by atoms with Gasteiger partial charge < -0.3 is 15.0 Å². The van der Waals surface area contributed by atoms with Crippen molar-refractivity contribution in [2.24, 2.45) is 5.92 Å². The number of carbonyl (C=O) groups excluding carboxylic acids is 2. The summed E-state index contributed by atoms with van der Waals surface area (Å²) in [5, 5.41) is 3.76. The quantitative estimate of drug-likeness (QED) is 0.616. The number of piperazine rings is 1. The fourth-order valence-electron chi connectivity index (χ4n) is 5.19. The molecule has 2 fully saturated rings. The number of halogens is 1. The Labute approximate surface area is 207 Å². The van der Waals surface area contributed by atoms with Gasteiger partial charge in [0.15, 0.2) is 0 Å². The number of nitrogens with zero attached hydrogens (tertiary/aromatic N) is 2. The maximum Gasteiger partial charge on any atom is 0.253 e. The molecule has 1 aliphatic heterocycles. The Hall–Kier alpha value is -2.57. The van der Waals surface area contributed by atoms with Crippen molar-refractivity contribution in [1.29, 1.82) is 0 Å². The van der Waals surface area contributed by atoms with Gasteiger partial charge in [-0.25, -0.2) is 0 Å². The van der Waals surface area contributed by atoms with Crippen LogP contribution in [0.2, 0.25) is 5.02 Å². The maximum absolute atomic E-state index is 13.3. The predicted molar refractivity (Wildman–Crippen MR) is 134 cm³/mol. The van der Waals surface area contributed by atoms with Gasteiger partial charge in [0.2, 0.25) is 5.91 Å². The molecule has 0 radical (unpaired) electrons. The van der Waals surface area contributed by atoms with E-state index in [4.69, 9.17) is 16.3 Å². The topological polar surface area (TPSA) is 61.9 Å². The lowest BCUT2D eigenvalue weighted by Crippen LogP contribution is -2.58. The van der Waals surface area contributed by atoms with E-state index in [1.807, 2.05) is 29.2 Å². The van der Waals surface area contributed by atoms with Crippen molar-refractivity contribution >= 4 is 23.4 Å². The van der Waals surface area contributed by atoms with Crippen LogP contribution in [0, 0.1) is 5.92 Å². The van der Waals surface area contributed by atoms with E-state index in [1.54, 1.807) is 31.4 Å². The first-order chi connectivity index (χ1) is 16.5. The highest BCUT2D eigenvalue weighted by atomic mass is 35.5. The number of carbonyl (C=O) groups is 2. The Kier molecular flexibility index (Phi) is 8.46. The molecule has 1 heterocycles. The molecule has 1 atom stereocenters.